The van der Waals surface area contributed by atoms with Gasteiger partial charge in [0.05, 0.1) is 5.69 Å². The molecule has 2 aromatic rings. The first-order valence-electron chi connectivity index (χ1n) is 6.50. The number of aryl methyl sites for hydroxylation is 1. The maximum atomic E-state index is 12.5. The Kier molecular flexibility index (Phi) is 3.93. The minimum absolute atomic E-state index is 0.112. The highest BCUT2D eigenvalue weighted by Gasteiger charge is 2.21. The summed E-state index contributed by atoms with van der Waals surface area (Å²) in [7, 11) is 0. The molecule has 0 aliphatic rings. The Labute approximate surface area is 117 Å². The quantitative estimate of drug-likeness (QED) is 0.891. The van der Waals surface area contributed by atoms with Crippen LogP contribution in [-0.4, -0.2) is 27.3 Å². The summed E-state index contributed by atoms with van der Waals surface area (Å²) in [4.78, 5) is 14.1. The predicted octanol–water partition coefficient (Wildman–Crippen LogP) is 1.86. The molecule has 2 rings (SSSR count). The first-order valence-corrected chi connectivity index (χ1v) is 6.50. The predicted molar refractivity (Wildman–Crippen MR) is 77.8 cm³/mol. The monoisotopic (exact) mass is 274 g/mol. The number of carbonyl (C=O) groups is 1. The fourth-order valence-corrected chi connectivity index (χ4v) is 2.00. The van der Waals surface area contributed by atoms with Crippen LogP contribution in [0.1, 0.15) is 24.3 Å². The van der Waals surface area contributed by atoms with Gasteiger partial charge in [0, 0.05) is 31.0 Å². The minimum atomic E-state index is -0.275. The first kappa shape index (κ1) is 13.9. The number of benzene rings is 1. The molecule has 0 spiro atoms. The molecule has 1 heterocycles. The first-order chi connectivity index (χ1) is 9.56. The second-order valence-electron chi connectivity index (χ2n) is 4.36. The maximum absolute atomic E-state index is 12.5. The van der Waals surface area contributed by atoms with Crippen LogP contribution in [0.2, 0.25) is 0 Å². The van der Waals surface area contributed by atoms with Crippen molar-refractivity contribution in [3.8, 4) is 5.75 Å². The highest BCUT2D eigenvalue weighted by Crippen LogP contribution is 2.22. The van der Waals surface area contributed by atoms with Gasteiger partial charge in [0.2, 0.25) is 0 Å². The fourth-order valence-electron chi connectivity index (χ4n) is 2.00. The van der Waals surface area contributed by atoms with E-state index in [1.165, 1.54) is 11.0 Å². The van der Waals surface area contributed by atoms with E-state index in [0.717, 1.165) is 0 Å². The van der Waals surface area contributed by atoms with Crippen LogP contribution in [0.5, 0.6) is 5.75 Å². The highest BCUT2D eigenvalue weighted by atomic mass is 16.3. The summed E-state index contributed by atoms with van der Waals surface area (Å²) in [5.74, 6) is -0.163. The molecule has 20 heavy (non-hydrogen) atoms. The van der Waals surface area contributed by atoms with E-state index < -0.39 is 0 Å². The molecular weight excluding hydrogens is 256 g/mol. The van der Waals surface area contributed by atoms with Crippen LogP contribution in [-0.2, 0) is 6.54 Å². The number of carbonyl (C=O) groups excluding carboxylic acids is 1. The largest absolute Gasteiger partial charge is 0.508 e. The Morgan fingerprint density at radius 2 is 2.20 bits per heavy atom. The summed E-state index contributed by atoms with van der Waals surface area (Å²) in [6.07, 6.45) is 1.64. The maximum Gasteiger partial charge on any atom is 0.280 e. The lowest BCUT2D eigenvalue weighted by atomic mass is 10.2. The van der Waals surface area contributed by atoms with Crippen molar-refractivity contribution in [3.05, 3.63) is 36.2 Å². The van der Waals surface area contributed by atoms with Gasteiger partial charge in [-0.1, -0.05) is 6.07 Å². The van der Waals surface area contributed by atoms with Crippen LogP contribution in [0.3, 0.4) is 0 Å². The number of hydrogen-bond donors (Lipinski definition) is 2. The molecule has 3 N–H and O–H groups in total. The summed E-state index contributed by atoms with van der Waals surface area (Å²) in [5.41, 5.74) is 7.04. The van der Waals surface area contributed by atoms with E-state index in [1.54, 1.807) is 29.1 Å². The molecule has 0 aliphatic heterocycles. The Hall–Kier alpha value is -2.50. The Morgan fingerprint density at radius 1 is 1.45 bits per heavy atom. The summed E-state index contributed by atoms with van der Waals surface area (Å²) in [6, 6.07) is 6.54. The molecule has 0 saturated heterocycles. The third-order valence-corrected chi connectivity index (χ3v) is 3.02. The number of nitrogens with zero attached hydrogens (tertiary/aromatic N) is 3. The van der Waals surface area contributed by atoms with Crippen molar-refractivity contribution in [2.24, 2.45) is 0 Å². The van der Waals surface area contributed by atoms with Crippen LogP contribution in [0.25, 0.3) is 0 Å². The molecule has 0 unspecified atom stereocenters. The van der Waals surface area contributed by atoms with Gasteiger partial charge >= 0.3 is 0 Å². The molecule has 1 aromatic heterocycles. The minimum Gasteiger partial charge on any atom is -0.508 e. The number of nitrogens with two attached hydrogens (primary N) is 1. The van der Waals surface area contributed by atoms with Gasteiger partial charge in [-0.25, -0.2) is 0 Å². The Bertz CT molecular complexity index is 621. The van der Waals surface area contributed by atoms with Gasteiger partial charge in [0.15, 0.2) is 5.69 Å². The van der Waals surface area contributed by atoms with Gasteiger partial charge in [-0.3, -0.25) is 9.48 Å². The number of nitrogen functional groups attached to an aromatic ring is 1. The molecule has 0 fully saturated rings. The lowest BCUT2D eigenvalue weighted by Crippen LogP contribution is -2.31. The molecule has 6 heteroatoms. The molecule has 0 radical (unpaired) electrons. The van der Waals surface area contributed by atoms with E-state index in [4.69, 9.17) is 5.73 Å². The van der Waals surface area contributed by atoms with Crippen molar-refractivity contribution < 1.29 is 9.90 Å². The Balaban J connectivity index is 2.36. The highest BCUT2D eigenvalue weighted by molar-refractivity contribution is 6.07. The second-order valence-corrected chi connectivity index (χ2v) is 4.36. The molecule has 1 amide bonds. The van der Waals surface area contributed by atoms with Crippen molar-refractivity contribution in [2.75, 3.05) is 17.2 Å². The van der Waals surface area contributed by atoms with E-state index >= 15 is 0 Å². The molecule has 106 valence electrons. The zero-order chi connectivity index (χ0) is 14.7. The van der Waals surface area contributed by atoms with Gasteiger partial charge in [-0.15, -0.1) is 0 Å². The van der Waals surface area contributed by atoms with E-state index in [1.807, 2.05) is 13.8 Å². The normalized spacial score (nSPS) is 10.5. The second kappa shape index (κ2) is 5.64. The van der Waals surface area contributed by atoms with Gasteiger partial charge in [-0.2, -0.15) is 5.10 Å². The summed E-state index contributed by atoms with van der Waals surface area (Å²) >= 11 is 0. The average Bonchev–Trinajstić information content (AvgIpc) is 2.81. The van der Waals surface area contributed by atoms with E-state index in [2.05, 4.69) is 5.10 Å². The number of phenolic OH excluding ortho intramolecular Hbond substituents is 1. The zero-order valence-corrected chi connectivity index (χ0v) is 11.6. The Morgan fingerprint density at radius 3 is 2.75 bits per heavy atom. The van der Waals surface area contributed by atoms with E-state index in [-0.39, 0.29) is 17.4 Å². The van der Waals surface area contributed by atoms with Crippen LogP contribution < -0.4 is 10.6 Å². The average molecular weight is 274 g/mol. The zero-order valence-electron chi connectivity index (χ0n) is 11.6. The molecule has 0 saturated carbocycles. The summed E-state index contributed by atoms with van der Waals surface area (Å²) in [5, 5.41) is 13.7. The third-order valence-electron chi connectivity index (χ3n) is 3.02. The van der Waals surface area contributed by atoms with Gasteiger partial charge in [-0.05, 0) is 26.0 Å². The standard InChI is InChI=1S/C14H18N4O2/c1-3-17-9-12(15)13(16-17)14(20)18(4-2)10-6-5-7-11(19)8-10/h5-9,19H,3-4,15H2,1-2H3. The van der Waals surface area contributed by atoms with E-state index in [9.17, 15) is 9.90 Å². The number of hydrogen-bond acceptors (Lipinski definition) is 4. The molecule has 0 atom stereocenters. The van der Waals surface area contributed by atoms with Crippen LogP contribution in [0.15, 0.2) is 30.5 Å². The molecule has 1 aromatic carbocycles. The van der Waals surface area contributed by atoms with Crippen LogP contribution in [0, 0.1) is 0 Å². The number of phenols is 1. The van der Waals surface area contributed by atoms with Crippen molar-refractivity contribution in [3.63, 3.8) is 0 Å². The number of amides is 1. The van der Waals surface area contributed by atoms with Gasteiger partial charge in [0.1, 0.15) is 5.75 Å². The number of anilines is 2. The van der Waals surface area contributed by atoms with Crippen molar-refractivity contribution in [2.45, 2.75) is 20.4 Å². The van der Waals surface area contributed by atoms with Crippen LogP contribution in [0.4, 0.5) is 11.4 Å². The van der Waals surface area contributed by atoms with Crippen molar-refractivity contribution in [1.29, 1.82) is 0 Å². The van der Waals surface area contributed by atoms with Crippen LogP contribution >= 0.6 is 0 Å². The molecule has 0 bridgehead atoms. The third kappa shape index (κ3) is 2.59. The number of rotatable bonds is 4. The van der Waals surface area contributed by atoms with Crippen molar-refractivity contribution >= 4 is 17.3 Å². The van der Waals surface area contributed by atoms with Gasteiger partial charge in [0.25, 0.3) is 5.91 Å². The topological polar surface area (TPSA) is 84.4 Å². The van der Waals surface area contributed by atoms with Gasteiger partial charge < -0.3 is 15.7 Å². The molecular formula is C14H18N4O2. The molecule has 6 nitrogen and oxygen atoms in total. The SMILES string of the molecule is CCN(C(=O)c1nn(CC)cc1N)c1cccc(O)c1. The number of aromatic hydroxyl groups is 1. The lowest BCUT2D eigenvalue weighted by molar-refractivity contribution is 0.0983. The van der Waals surface area contributed by atoms with E-state index in [0.29, 0.717) is 24.5 Å². The van der Waals surface area contributed by atoms with Crippen molar-refractivity contribution in [1.82, 2.24) is 9.78 Å². The summed E-state index contributed by atoms with van der Waals surface area (Å²) < 4.78 is 1.62. The number of aromatic nitrogens is 2. The molecule has 0 aliphatic carbocycles. The fraction of sp³-hybridized carbons (Fsp3) is 0.286. The smallest absolute Gasteiger partial charge is 0.280 e. The summed E-state index contributed by atoms with van der Waals surface area (Å²) in [6.45, 7) is 4.89. The lowest BCUT2D eigenvalue weighted by Gasteiger charge is -2.20.